The summed E-state index contributed by atoms with van der Waals surface area (Å²) >= 11 is -5.23. The monoisotopic (exact) mass is 307 g/mol. The summed E-state index contributed by atoms with van der Waals surface area (Å²) in [6.45, 7) is 0. The van der Waals surface area contributed by atoms with E-state index in [2.05, 4.69) is 0 Å². The fourth-order valence-corrected chi connectivity index (χ4v) is 2.44. The van der Waals surface area contributed by atoms with Crippen LogP contribution in [0.15, 0.2) is 12.1 Å². The zero-order chi connectivity index (χ0) is 13.2. The van der Waals surface area contributed by atoms with Crippen LogP contribution in [-0.2, 0) is 3.74 Å². The third kappa shape index (κ3) is 2.79. The van der Waals surface area contributed by atoms with Crippen LogP contribution in [0.3, 0.4) is 0 Å². The van der Waals surface area contributed by atoms with Crippen LogP contribution >= 0.6 is 0 Å². The Balaban J connectivity index is 3.57. The van der Waals surface area contributed by atoms with E-state index >= 15 is 0 Å². The molecule has 2 N–H and O–H groups in total. The van der Waals surface area contributed by atoms with E-state index in [1.165, 1.54) is 14.2 Å². The van der Waals surface area contributed by atoms with Crippen LogP contribution in [-0.4, -0.2) is 41.5 Å². The Morgan fingerprint density at radius 1 is 1.29 bits per heavy atom. The van der Waals surface area contributed by atoms with Crippen molar-refractivity contribution in [3.8, 4) is 11.5 Å². The van der Waals surface area contributed by atoms with Crippen molar-refractivity contribution in [1.82, 2.24) is 0 Å². The molecule has 0 bridgehead atoms. The number of nitro groups is 1. The summed E-state index contributed by atoms with van der Waals surface area (Å²) in [6.07, 6.45) is 0. The molecule has 0 atom stereocenters. The van der Waals surface area contributed by atoms with Gasteiger partial charge in [-0.05, 0) is 0 Å². The molecular formula is C8H10AsNO7. The standard InChI is InChI=1S/C8H10AsNO7/c1-16-7-4-5(9(11,12)13)3-6(10(14)15)8(7)17-2/h3-4H,1-2H3,(H2,11,12,13). The molecule has 0 amide bonds. The average Bonchev–Trinajstić information content (AvgIpc) is 2.25. The Morgan fingerprint density at radius 3 is 2.24 bits per heavy atom. The minimum atomic E-state index is -5.23. The zero-order valence-corrected chi connectivity index (χ0v) is 10.9. The predicted octanol–water partition coefficient (Wildman–Crippen LogP) is -0.827. The van der Waals surface area contributed by atoms with Gasteiger partial charge in [-0.2, -0.15) is 0 Å². The quantitative estimate of drug-likeness (QED) is 0.423. The first-order valence-electron chi connectivity index (χ1n) is 4.27. The number of nitro benzene ring substituents is 1. The predicted molar refractivity (Wildman–Crippen MR) is 56.7 cm³/mol. The second-order valence-corrected chi connectivity index (χ2v) is 6.37. The van der Waals surface area contributed by atoms with E-state index in [0.717, 1.165) is 12.1 Å². The van der Waals surface area contributed by atoms with Gasteiger partial charge in [-0.15, -0.1) is 0 Å². The molecule has 8 nitrogen and oxygen atoms in total. The summed E-state index contributed by atoms with van der Waals surface area (Å²) in [5, 5.41) is 10.8. The first-order valence-corrected chi connectivity index (χ1v) is 7.66. The van der Waals surface area contributed by atoms with Crippen LogP contribution in [0.1, 0.15) is 0 Å². The van der Waals surface area contributed by atoms with Crippen molar-refractivity contribution in [2.75, 3.05) is 14.2 Å². The van der Waals surface area contributed by atoms with Gasteiger partial charge < -0.3 is 0 Å². The van der Waals surface area contributed by atoms with Crippen LogP contribution in [0.4, 0.5) is 5.69 Å². The summed E-state index contributed by atoms with van der Waals surface area (Å²) in [7, 11) is 2.42. The fourth-order valence-electron chi connectivity index (χ4n) is 1.23. The number of ether oxygens (including phenoxy) is 2. The van der Waals surface area contributed by atoms with Gasteiger partial charge in [-0.3, -0.25) is 0 Å². The van der Waals surface area contributed by atoms with Gasteiger partial charge in [-0.1, -0.05) is 0 Å². The van der Waals surface area contributed by atoms with Crippen molar-refractivity contribution < 1.29 is 26.3 Å². The van der Waals surface area contributed by atoms with Crippen LogP contribution in [0.2, 0.25) is 0 Å². The second kappa shape index (κ2) is 4.78. The van der Waals surface area contributed by atoms with Gasteiger partial charge in [0.25, 0.3) is 0 Å². The van der Waals surface area contributed by atoms with Gasteiger partial charge in [0.05, 0.1) is 0 Å². The summed E-state index contributed by atoms with van der Waals surface area (Å²) in [5.74, 6) is -0.272. The first kappa shape index (κ1) is 13.6. The SMILES string of the molecule is COc1cc([As](=O)(O)O)cc([N+](=O)[O-])c1OC. The van der Waals surface area contributed by atoms with Crippen molar-refractivity contribution in [2.45, 2.75) is 0 Å². The third-order valence-electron chi connectivity index (χ3n) is 1.98. The number of hydrogen-bond donors (Lipinski definition) is 2. The van der Waals surface area contributed by atoms with E-state index < -0.39 is 29.1 Å². The number of benzene rings is 1. The van der Waals surface area contributed by atoms with E-state index in [-0.39, 0.29) is 11.5 Å². The Hall–Kier alpha value is -1.50. The van der Waals surface area contributed by atoms with Crippen molar-refractivity contribution in [3.63, 3.8) is 0 Å². The summed E-state index contributed by atoms with van der Waals surface area (Å²) < 4.78 is 38.3. The number of hydrogen-bond acceptors (Lipinski definition) is 5. The third-order valence-corrected chi connectivity index (χ3v) is 3.93. The van der Waals surface area contributed by atoms with E-state index in [0.29, 0.717) is 0 Å². The molecule has 0 saturated carbocycles. The van der Waals surface area contributed by atoms with Crippen LogP contribution < -0.4 is 13.8 Å². The normalized spacial score (nSPS) is 11.1. The summed E-state index contributed by atoms with van der Waals surface area (Å²) in [6, 6.07) is 1.83. The van der Waals surface area contributed by atoms with Crippen LogP contribution in [0, 0.1) is 10.1 Å². The molecule has 0 aromatic heterocycles. The van der Waals surface area contributed by atoms with Crippen molar-refractivity contribution in [3.05, 3.63) is 22.2 Å². The topological polar surface area (TPSA) is 119 Å². The molecule has 0 fully saturated rings. The molecule has 94 valence electrons. The molecule has 0 aliphatic rings. The molecular weight excluding hydrogens is 297 g/mol. The maximum atomic E-state index is 11.1. The number of methoxy groups -OCH3 is 2. The fraction of sp³-hybridized carbons (Fsp3) is 0.250. The van der Waals surface area contributed by atoms with E-state index in [4.69, 9.17) is 17.7 Å². The molecule has 1 aromatic rings. The molecule has 0 aliphatic carbocycles. The molecule has 0 aliphatic heterocycles. The molecule has 1 aromatic carbocycles. The van der Waals surface area contributed by atoms with Gasteiger partial charge in [-0.25, -0.2) is 0 Å². The first-order chi connectivity index (χ1) is 7.81. The zero-order valence-electron chi connectivity index (χ0n) is 8.98. The van der Waals surface area contributed by atoms with Crippen molar-refractivity contribution in [1.29, 1.82) is 0 Å². The number of nitrogens with zero attached hydrogens (tertiary/aromatic N) is 1. The molecule has 9 heteroatoms. The Bertz CT molecular complexity index is 495. The molecule has 0 radical (unpaired) electrons. The van der Waals surface area contributed by atoms with E-state index in [1.807, 2.05) is 0 Å². The molecule has 0 spiro atoms. The van der Waals surface area contributed by atoms with Gasteiger partial charge in [0.15, 0.2) is 0 Å². The van der Waals surface area contributed by atoms with Crippen LogP contribution in [0.5, 0.6) is 11.5 Å². The Kier molecular flexibility index (Phi) is 3.82. The van der Waals surface area contributed by atoms with E-state index in [1.54, 1.807) is 0 Å². The van der Waals surface area contributed by atoms with Crippen LogP contribution in [0.25, 0.3) is 0 Å². The minimum absolute atomic E-state index is 0.0959. The Morgan fingerprint density at radius 2 is 1.88 bits per heavy atom. The average molecular weight is 307 g/mol. The molecule has 1 rings (SSSR count). The van der Waals surface area contributed by atoms with Crippen molar-refractivity contribution >= 4 is 24.2 Å². The molecule has 17 heavy (non-hydrogen) atoms. The number of rotatable bonds is 4. The van der Waals surface area contributed by atoms with Gasteiger partial charge >= 0.3 is 98.5 Å². The summed E-state index contributed by atoms with van der Waals surface area (Å²) in [4.78, 5) is 9.96. The maximum absolute atomic E-state index is 11.1. The summed E-state index contributed by atoms with van der Waals surface area (Å²) in [5.41, 5.74) is -0.549. The Labute approximate surface area is 98.9 Å². The molecule has 0 unspecified atom stereocenters. The van der Waals surface area contributed by atoms with Crippen molar-refractivity contribution in [2.24, 2.45) is 0 Å². The second-order valence-electron chi connectivity index (χ2n) is 3.00. The van der Waals surface area contributed by atoms with Gasteiger partial charge in [0.2, 0.25) is 0 Å². The van der Waals surface area contributed by atoms with Gasteiger partial charge in [0, 0.05) is 0 Å². The van der Waals surface area contributed by atoms with Gasteiger partial charge in [0.1, 0.15) is 0 Å². The molecule has 0 heterocycles. The van der Waals surface area contributed by atoms with E-state index in [9.17, 15) is 13.9 Å². The molecule has 0 saturated heterocycles.